The minimum Gasteiger partial charge on any atom is -0.481 e. The minimum absolute atomic E-state index is 0.0499. The Morgan fingerprint density at radius 1 is 1.65 bits per heavy atom. The fourth-order valence-corrected chi connectivity index (χ4v) is 2.52. The SMILES string of the molecule is Nc1nnc(SCC(=O)O)n1C1CCCOC1. The van der Waals surface area contributed by atoms with E-state index in [1.54, 1.807) is 4.57 Å². The highest BCUT2D eigenvalue weighted by Crippen LogP contribution is 2.27. The molecule has 1 saturated heterocycles. The average molecular weight is 258 g/mol. The van der Waals surface area contributed by atoms with Gasteiger partial charge in [0.25, 0.3) is 0 Å². The lowest BCUT2D eigenvalue weighted by atomic mass is 10.1. The Morgan fingerprint density at radius 3 is 3.12 bits per heavy atom. The van der Waals surface area contributed by atoms with Gasteiger partial charge in [0.15, 0.2) is 5.16 Å². The summed E-state index contributed by atoms with van der Waals surface area (Å²) in [6.07, 6.45) is 1.91. The molecular formula is C9H14N4O3S. The molecule has 0 radical (unpaired) electrons. The second-order valence-electron chi connectivity index (χ2n) is 3.76. The zero-order valence-electron chi connectivity index (χ0n) is 9.20. The van der Waals surface area contributed by atoms with Crippen molar-refractivity contribution in [2.75, 3.05) is 24.7 Å². The number of carboxylic acid groups (broad SMARTS) is 1. The number of hydrogen-bond donors (Lipinski definition) is 2. The molecule has 1 atom stereocenters. The first kappa shape index (κ1) is 12.2. The molecule has 0 aromatic carbocycles. The Morgan fingerprint density at radius 2 is 2.47 bits per heavy atom. The molecule has 0 bridgehead atoms. The van der Waals surface area contributed by atoms with Crippen molar-refractivity contribution in [1.29, 1.82) is 0 Å². The van der Waals surface area contributed by atoms with Gasteiger partial charge in [0, 0.05) is 6.61 Å². The van der Waals surface area contributed by atoms with Gasteiger partial charge in [-0.25, -0.2) is 0 Å². The maximum atomic E-state index is 10.5. The molecule has 94 valence electrons. The minimum atomic E-state index is -0.886. The van der Waals surface area contributed by atoms with Crippen LogP contribution in [0.5, 0.6) is 0 Å². The number of anilines is 1. The quantitative estimate of drug-likeness (QED) is 0.753. The zero-order chi connectivity index (χ0) is 12.3. The van der Waals surface area contributed by atoms with E-state index in [9.17, 15) is 4.79 Å². The van der Waals surface area contributed by atoms with Crippen molar-refractivity contribution in [1.82, 2.24) is 14.8 Å². The number of aromatic nitrogens is 3. The van der Waals surface area contributed by atoms with E-state index >= 15 is 0 Å². The van der Waals surface area contributed by atoms with Crippen LogP contribution in [-0.4, -0.2) is 44.8 Å². The standard InChI is InChI=1S/C9H14N4O3S/c10-8-11-12-9(17-5-7(14)15)13(8)6-2-1-3-16-4-6/h6H,1-5H2,(H2,10,11)(H,14,15). The molecule has 1 aliphatic heterocycles. The molecule has 0 spiro atoms. The zero-order valence-corrected chi connectivity index (χ0v) is 10.0. The Labute approximate surface area is 102 Å². The summed E-state index contributed by atoms with van der Waals surface area (Å²) in [6.45, 7) is 1.33. The molecule has 1 aromatic heterocycles. The summed E-state index contributed by atoms with van der Waals surface area (Å²) >= 11 is 1.12. The topological polar surface area (TPSA) is 103 Å². The molecule has 1 unspecified atom stereocenters. The monoisotopic (exact) mass is 258 g/mol. The number of nitrogens with two attached hydrogens (primary N) is 1. The third kappa shape index (κ3) is 2.89. The molecule has 17 heavy (non-hydrogen) atoms. The summed E-state index contributed by atoms with van der Waals surface area (Å²) < 4.78 is 7.15. The number of nitrogens with zero attached hydrogens (tertiary/aromatic N) is 3. The molecule has 1 aliphatic rings. The number of hydrogen-bond acceptors (Lipinski definition) is 6. The highest BCUT2D eigenvalue weighted by molar-refractivity contribution is 7.99. The van der Waals surface area contributed by atoms with Gasteiger partial charge in [-0.2, -0.15) is 0 Å². The van der Waals surface area contributed by atoms with Gasteiger partial charge >= 0.3 is 5.97 Å². The van der Waals surface area contributed by atoms with E-state index in [0.717, 1.165) is 31.2 Å². The van der Waals surface area contributed by atoms with E-state index < -0.39 is 5.97 Å². The van der Waals surface area contributed by atoms with Crippen molar-refractivity contribution in [3.8, 4) is 0 Å². The van der Waals surface area contributed by atoms with Gasteiger partial charge in [-0.05, 0) is 12.8 Å². The van der Waals surface area contributed by atoms with Crippen molar-refractivity contribution in [2.45, 2.75) is 24.0 Å². The maximum Gasteiger partial charge on any atom is 0.313 e. The molecule has 7 nitrogen and oxygen atoms in total. The first-order chi connectivity index (χ1) is 8.18. The molecule has 0 aliphatic carbocycles. The average Bonchev–Trinajstić information content (AvgIpc) is 2.69. The molecule has 1 fully saturated rings. The summed E-state index contributed by atoms with van der Waals surface area (Å²) in [6, 6.07) is 0.107. The van der Waals surface area contributed by atoms with E-state index in [1.807, 2.05) is 0 Å². The smallest absolute Gasteiger partial charge is 0.313 e. The Bertz CT molecular complexity index is 403. The van der Waals surface area contributed by atoms with Crippen LogP contribution in [0.2, 0.25) is 0 Å². The number of carboxylic acids is 1. The van der Waals surface area contributed by atoms with Gasteiger partial charge in [0.2, 0.25) is 5.95 Å². The summed E-state index contributed by atoms with van der Waals surface area (Å²) in [5.41, 5.74) is 5.75. The highest BCUT2D eigenvalue weighted by Gasteiger charge is 2.22. The third-order valence-corrected chi connectivity index (χ3v) is 3.44. The summed E-state index contributed by atoms with van der Waals surface area (Å²) in [5, 5.41) is 16.9. The van der Waals surface area contributed by atoms with Gasteiger partial charge in [-0.15, -0.1) is 10.2 Å². The lowest BCUT2D eigenvalue weighted by Gasteiger charge is -2.24. The van der Waals surface area contributed by atoms with Crippen LogP contribution >= 0.6 is 11.8 Å². The second-order valence-corrected chi connectivity index (χ2v) is 4.71. The van der Waals surface area contributed by atoms with Crippen LogP contribution in [0.4, 0.5) is 5.95 Å². The number of ether oxygens (including phenoxy) is 1. The van der Waals surface area contributed by atoms with E-state index in [1.165, 1.54) is 0 Å². The Kier molecular flexibility index (Phi) is 3.85. The number of rotatable bonds is 4. The van der Waals surface area contributed by atoms with Crippen LogP contribution in [0.3, 0.4) is 0 Å². The van der Waals surface area contributed by atoms with Crippen molar-refractivity contribution >= 4 is 23.7 Å². The lowest BCUT2D eigenvalue weighted by molar-refractivity contribution is -0.133. The molecule has 1 aromatic rings. The van der Waals surface area contributed by atoms with Crippen LogP contribution in [0.1, 0.15) is 18.9 Å². The molecule has 2 heterocycles. The number of nitrogen functional groups attached to an aromatic ring is 1. The molecule has 2 rings (SSSR count). The van der Waals surface area contributed by atoms with Crippen LogP contribution < -0.4 is 5.73 Å². The van der Waals surface area contributed by atoms with Gasteiger partial charge in [-0.1, -0.05) is 11.8 Å². The summed E-state index contributed by atoms with van der Waals surface area (Å²) in [7, 11) is 0. The van der Waals surface area contributed by atoms with Crippen molar-refractivity contribution in [3.05, 3.63) is 0 Å². The van der Waals surface area contributed by atoms with E-state index in [4.69, 9.17) is 15.6 Å². The largest absolute Gasteiger partial charge is 0.481 e. The first-order valence-corrected chi connectivity index (χ1v) is 6.29. The predicted octanol–water partition coefficient (Wildman–Crippen LogP) is 0.388. The summed E-state index contributed by atoms with van der Waals surface area (Å²) in [5.74, 6) is -0.623. The Hall–Kier alpha value is -1.28. The van der Waals surface area contributed by atoms with Gasteiger partial charge < -0.3 is 15.6 Å². The van der Waals surface area contributed by atoms with Gasteiger partial charge in [-0.3, -0.25) is 9.36 Å². The maximum absolute atomic E-state index is 10.5. The normalized spacial score (nSPS) is 20.4. The van der Waals surface area contributed by atoms with E-state index in [-0.39, 0.29) is 11.8 Å². The van der Waals surface area contributed by atoms with E-state index in [2.05, 4.69) is 10.2 Å². The van der Waals surface area contributed by atoms with Crippen LogP contribution in [0.25, 0.3) is 0 Å². The fourth-order valence-electron chi connectivity index (χ4n) is 1.78. The molecule has 0 amide bonds. The van der Waals surface area contributed by atoms with Gasteiger partial charge in [0.1, 0.15) is 0 Å². The molecule has 3 N–H and O–H groups in total. The lowest BCUT2D eigenvalue weighted by Crippen LogP contribution is -2.23. The number of thioether (sulfide) groups is 1. The van der Waals surface area contributed by atoms with Crippen molar-refractivity contribution < 1.29 is 14.6 Å². The summed E-state index contributed by atoms with van der Waals surface area (Å²) in [4.78, 5) is 10.5. The van der Waals surface area contributed by atoms with Gasteiger partial charge in [0.05, 0.1) is 18.4 Å². The number of aliphatic carboxylic acids is 1. The number of carbonyl (C=O) groups is 1. The Balaban J connectivity index is 2.13. The predicted molar refractivity (Wildman–Crippen MR) is 61.9 cm³/mol. The van der Waals surface area contributed by atoms with Crippen molar-refractivity contribution in [2.24, 2.45) is 0 Å². The van der Waals surface area contributed by atoms with Crippen molar-refractivity contribution in [3.63, 3.8) is 0 Å². The fraction of sp³-hybridized carbons (Fsp3) is 0.667. The molecule has 0 saturated carbocycles. The third-order valence-electron chi connectivity index (χ3n) is 2.52. The molecular weight excluding hydrogens is 244 g/mol. The van der Waals surface area contributed by atoms with Crippen LogP contribution in [0, 0.1) is 0 Å². The second kappa shape index (κ2) is 5.37. The highest BCUT2D eigenvalue weighted by atomic mass is 32.2. The first-order valence-electron chi connectivity index (χ1n) is 5.31. The van der Waals surface area contributed by atoms with E-state index in [0.29, 0.717) is 17.7 Å². The van der Waals surface area contributed by atoms with Crippen LogP contribution in [-0.2, 0) is 9.53 Å². The molecule has 8 heteroatoms. The van der Waals surface area contributed by atoms with Crippen LogP contribution in [0.15, 0.2) is 5.16 Å².